The maximum absolute atomic E-state index is 12.7. The molecule has 1 aromatic heterocycles. The van der Waals surface area contributed by atoms with Crippen LogP contribution in [0, 0.1) is 0 Å². The molecule has 0 aliphatic heterocycles. The number of rotatable bonds is 5. The minimum absolute atomic E-state index is 0.184. The van der Waals surface area contributed by atoms with Crippen LogP contribution >= 0.6 is 15.9 Å². The third kappa shape index (κ3) is 4.81. The van der Waals surface area contributed by atoms with E-state index in [0.29, 0.717) is 19.4 Å². The van der Waals surface area contributed by atoms with Crippen molar-refractivity contribution in [1.82, 2.24) is 4.98 Å². The standard InChI is InChI=1S/C11H14BrF3N2O/c1-7(18)3-2-4-16-10-9(11(13,14)15)5-8(12)6-17-10/h5-7,18H,2-4H2,1H3,(H,16,17). The van der Waals surface area contributed by atoms with Crippen molar-refractivity contribution < 1.29 is 18.3 Å². The van der Waals surface area contributed by atoms with Crippen LogP contribution in [0.2, 0.25) is 0 Å². The average Bonchev–Trinajstić information content (AvgIpc) is 2.24. The van der Waals surface area contributed by atoms with Crippen molar-refractivity contribution in [3.8, 4) is 0 Å². The number of nitrogens with zero attached hydrogens (tertiary/aromatic N) is 1. The molecule has 0 amide bonds. The quantitative estimate of drug-likeness (QED) is 0.815. The molecule has 1 rings (SSSR count). The molecule has 102 valence electrons. The maximum Gasteiger partial charge on any atom is 0.419 e. The monoisotopic (exact) mass is 326 g/mol. The summed E-state index contributed by atoms with van der Waals surface area (Å²) in [5.41, 5.74) is -0.797. The number of aliphatic hydroxyl groups excluding tert-OH is 1. The van der Waals surface area contributed by atoms with Gasteiger partial charge in [-0.2, -0.15) is 13.2 Å². The Labute approximate surface area is 112 Å². The average molecular weight is 327 g/mol. The second-order valence-electron chi connectivity index (χ2n) is 3.97. The lowest BCUT2D eigenvalue weighted by atomic mass is 10.2. The summed E-state index contributed by atoms with van der Waals surface area (Å²) in [7, 11) is 0. The van der Waals surface area contributed by atoms with Crippen LogP contribution in [0.25, 0.3) is 0 Å². The Morgan fingerprint density at radius 1 is 1.50 bits per heavy atom. The molecule has 0 aliphatic carbocycles. The van der Waals surface area contributed by atoms with Gasteiger partial charge in [-0.15, -0.1) is 0 Å². The molecule has 0 saturated carbocycles. The molecule has 0 aliphatic rings. The van der Waals surface area contributed by atoms with Crippen LogP contribution < -0.4 is 5.32 Å². The first-order valence-corrected chi connectivity index (χ1v) is 6.24. The van der Waals surface area contributed by atoms with Gasteiger partial charge in [0.15, 0.2) is 0 Å². The summed E-state index contributed by atoms with van der Waals surface area (Å²) in [5.74, 6) is -0.184. The lowest BCUT2D eigenvalue weighted by molar-refractivity contribution is -0.137. The smallest absolute Gasteiger partial charge is 0.393 e. The zero-order valence-corrected chi connectivity index (χ0v) is 11.3. The van der Waals surface area contributed by atoms with Gasteiger partial charge in [0.25, 0.3) is 0 Å². The van der Waals surface area contributed by atoms with E-state index in [1.54, 1.807) is 6.92 Å². The Balaban J connectivity index is 2.70. The lowest BCUT2D eigenvalue weighted by Crippen LogP contribution is -2.14. The predicted octanol–water partition coefficient (Wildman–Crippen LogP) is 3.44. The first-order chi connectivity index (χ1) is 8.30. The summed E-state index contributed by atoms with van der Waals surface area (Å²) in [6.07, 6.45) is -2.47. The number of hydrogen-bond donors (Lipinski definition) is 2. The van der Waals surface area contributed by atoms with Gasteiger partial charge in [-0.1, -0.05) is 0 Å². The maximum atomic E-state index is 12.7. The fourth-order valence-corrected chi connectivity index (χ4v) is 1.73. The van der Waals surface area contributed by atoms with Gasteiger partial charge in [0.05, 0.1) is 11.7 Å². The van der Waals surface area contributed by atoms with E-state index >= 15 is 0 Å². The fraction of sp³-hybridized carbons (Fsp3) is 0.545. The van der Waals surface area contributed by atoms with Gasteiger partial charge >= 0.3 is 6.18 Å². The number of halogens is 4. The second-order valence-corrected chi connectivity index (χ2v) is 4.88. The molecule has 7 heteroatoms. The molecule has 1 atom stereocenters. The second kappa shape index (κ2) is 6.38. The molecule has 0 spiro atoms. The highest BCUT2D eigenvalue weighted by Crippen LogP contribution is 2.35. The van der Waals surface area contributed by atoms with Gasteiger partial charge in [0.2, 0.25) is 0 Å². The Hall–Kier alpha value is -0.820. The highest BCUT2D eigenvalue weighted by molar-refractivity contribution is 9.10. The minimum atomic E-state index is -4.44. The summed E-state index contributed by atoms with van der Waals surface area (Å²) in [4.78, 5) is 3.72. The van der Waals surface area contributed by atoms with Crippen LogP contribution in [0.5, 0.6) is 0 Å². The fourth-order valence-electron chi connectivity index (χ4n) is 1.40. The molecule has 18 heavy (non-hydrogen) atoms. The first kappa shape index (κ1) is 15.2. The van der Waals surface area contributed by atoms with Crippen LogP contribution in [-0.4, -0.2) is 22.7 Å². The number of aliphatic hydroxyl groups is 1. The zero-order valence-electron chi connectivity index (χ0n) is 9.76. The normalized spacial score (nSPS) is 13.4. The number of aromatic nitrogens is 1. The van der Waals surface area contributed by atoms with Crippen molar-refractivity contribution in [2.45, 2.75) is 32.0 Å². The van der Waals surface area contributed by atoms with E-state index in [9.17, 15) is 13.2 Å². The number of hydrogen-bond acceptors (Lipinski definition) is 3. The first-order valence-electron chi connectivity index (χ1n) is 5.45. The highest BCUT2D eigenvalue weighted by atomic mass is 79.9. The van der Waals surface area contributed by atoms with Crippen LogP contribution in [0.3, 0.4) is 0 Å². The van der Waals surface area contributed by atoms with E-state index in [-0.39, 0.29) is 10.3 Å². The number of pyridine rings is 1. The van der Waals surface area contributed by atoms with Crippen LogP contribution in [0.15, 0.2) is 16.7 Å². The van der Waals surface area contributed by atoms with Crippen LogP contribution in [-0.2, 0) is 6.18 Å². The molecule has 0 saturated heterocycles. The summed E-state index contributed by atoms with van der Waals surface area (Å²) < 4.78 is 38.5. The molecular weight excluding hydrogens is 313 g/mol. The molecule has 2 N–H and O–H groups in total. The van der Waals surface area contributed by atoms with Crippen molar-refractivity contribution in [3.63, 3.8) is 0 Å². The van der Waals surface area contributed by atoms with E-state index in [1.165, 1.54) is 6.20 Å². The van der Waals surface area contributed by atoms with Gasteiger partial charge < -0.3 is 10.4 Å². The highest BCUT2D eigenvalue weighted by Gasteiger charge is 2.34. The number of alkyl halides is 3. The van der Waals surface area contributed by atoms with E-state index in [0.717, 1.165) is 6.07 Å². The topological polar surface area (TPSA) is 45.1 Å². The molecule has 3 nitrogen and oxygen atoms in total. The Morgan fingerprint density at radius 2 is 2.17 bits per heavy atom. The van der Waals surface area contributed by atoms with Crippen molar-refractivity contribution >= 4 is 21.7 Å². The SMILES string of the molecule is CC(O)CCCNc1ncc(Br)cc1C(F)(F)F. The summed E-state index contributed by atoms with van der Waals surface area (Å²) in [6.45, 7) is 1.97. The van der Waals surface area contributed by atoms with Crippen molar-refractivity contribution in [2.24, 2.45) is 0 Å². The Kier molecular flexibility index (Phi) is 5.40. The van der Waals surface area contributed by atoms with Gasteiger partial charge in [0.1, 0.15) is 5.82 Å². The van der Waals surface area contributed by atoms with E-state index < -0.39 is 17.8 Å². The van der Waals surface area contributed by atoms with Crippen molar-refractivity contribution in [2.75, 3.05) is 11.9 Å². The molecule has 1 heterocycles. The molecule has 0 radical (unpaired) electrons. The molecule has 1 aromatic rings. The summed E-state index contributed by atoms with van der Waals surface area (Å²) in [6, 6.07) is 0.990. The van der Waals surface area contributed by atoms with E-state index in [2.05, 4.69) is 26.2 Å². The minimum Gasteiger partial charge on any atom is -0.393 e. The van der Waals surface area contributed by atoms with Crippen molar-refractivity contribution in [3.05, 3.63) is 22.3 Å². The molecule has 0 bridgehead atoms. The van der Waals surface area contributed by atoms with E-state index in [1.807, 2.05) is 0 Å². The third-order valence-corrected chi connectivity index (χ3v) is 2.68. The number of anilines is 1. The Morgan fingerprint density at radius 3 is 2.72 bits per heavy atom. The Bertz CT molecular complexity index is 396. The largest absolute Gasteiger partial charge is 0.419 e. The van der Waals surface area contributed by atoms with Crippen LogP contribution in [0.1, 0.15) is 25.3 Å². The number of nitrogens with one attached hydrogen (secondary N) is 1. The molecule has 1 unspecified atom stereocenters. The lowest BCUT2D eigenvalue weighted by Gasteiger charge is -2.14. The van der Waals surface area contributed by atoms with Gasteiger partial charge in [-0.3, -0.25) is 0 Å². The summed E-state index contributed by atoms with van der Waals surface area (Å²) >= 11 is 2.97. The van der Waals surface area contributed by atoms with Gasteiger partial charge in [0, 0.05) is 17.2 Å². The molecular formula is C11H14BrF3N2O. The van der Waals surface area contributed by atoms with Gasteiger partial charge in [-0.05, 0) is 41.8 Å². The molecule has 0 fully saturated rings. The van der Waals surface area contributed by atoms with E-state index in [4.69, 9.17) is 5.11 Å². The third-order valence-electron chi connectivity index (χ3n) is 2.25. The molecule has 0 aromatic carbocycles. The van der Waals surface area contributed by atoms with Gasteiger partial charge in [-0.25, -0.2) is 4.98 Å². The van der Waals surface area contributed by atoms with Crippen molar-refractivity contribution in [1.29, 1.82) is 0 Å². The zero-order chi connectivity index (χ0) is 13.8. The predicted molar refractivity (Wildman–Crippen MR) is 66.3 cm³/mol. The van der Waals surface area contributed by atoms with Crippen LogP contribution in [0.4, 0.5) is 19.0 Å². The summed E-state index contributed by atoms with van der Waals surface area (Å²) in [5, 5.41) is 11.7.